The zero-order valence-electron chi connectivity index (χ0n) is 6.68. The molecule has 60 valence electrons. The Kier molecular flexibility index (Phi) is 2.29. The van der Waals surface area contributed by atoms with Gasteiger partial charge in [-0.3, -0.25) is 4.79 Å². The largest absolute Gasteiger partial charge is 0.313 e. The molecule has 0 aliphatic heterocycles. The molecule has 2 nitrogen and oxygen atoms in total. The van der Waals surface area contributed by atoms with E-state index in [4.69, 9.17) is 0 Å². The topological polar surface area (TPSA) is 32.9 Å². The van der Waals surface area contributed by atoms with Gasteiger partial charge in [-0.05, 0) is 5.92 Å². The van der Waals surface area contributed by atoms with Gasteiger partial charge in [-0.15, -0.1) is 11.3 Å². The van der Waals surface area contributed by atoms with E-state index in [1.54, 1.807) is 0 Å². The van der Waals surface area contributed by atoms with Crippen molar-refractivity contribution in [3.63, 3.8) is 0 Å². The molecule has 0 aliphatic rings. The summed E-state index contributed by atoms with van der Waals surface area (Å²) < 4.78 is 1.49. The molecule has 0 aliphatic carbocycles. The monoisotopic (exact) mass is 169 g/mol. The average molecular weight is 169 g/mol. The lowest BCUT2D eigenvalue weighted by Gasteiger charge is -1.87. The zero-order chi connectivity index (χ0) is 8.43. The summed E-state index contributed by atoms with van der Waals surface area (Å²) in [7, 11) is 0. The van der Waals surface area contributed by atoms with Crippen LogP contribution in [0.25, 0.3) is 12.7 Å². The second-order valence-electron chi connectivity index (χ2n) is 2.75. The first-order chi connectivity index (χ1) is 5.09. The van der Waals surface area contributed by atoms with Crippen LogP contribution in [0.4, 0.5) is 0 Å². The predicted molar refractivity (Wildman–Crippen MR) is 49.0 cm³/mol. The van der Waals surface area contributed by atoms with Crippen LogP contribution in [0.2, 0.25) is 0 Å². The second-order valence-corrected chi connectivity index (χ2v) is 3.89. The minimum absolute atomic E-state index is 0.0197. The fourth-order valence-electron chi connectivity index (χ4n) is 0.805. The van der Waals surface area contributed by atoms with Gasteiger partial charge in [0.15, 0.2) is 0 Å². The van der Waals surface area contributed by atoms with E-state index >= 15 is 0 Å². The highest BCUT2D eigenvalue weighted by atomic mass is 32.1. The number of aromatic amines is 1. The van der Waals surface area contributed by atoms with Gasteiger partial charge < -0.3 is 4.98 Å². The molecule has 0 saturated heterocycles. The summed E-state index contributed by atoms with van der Waals surface area (Å²) in [5.74, 6) is 0.411. The summed E-state index contributed by atoms with van der Waals surface area (Å²) >= 11 is 1.41. The van der Waals surface area contributed by atoms with E-state index in [0.29, 0.717) is 5.92 Å². The molecule has 1 rings (SSSR count). The Balaban J connectivity index is 3.35. The minimum Gasteiger partial charge on any atom is -0.313 e. The molecule has 1 aromatic rings. The Labute approximate surface area is 68.9 Å². The molecule has 0 amide bonds. The summed E-state index contributed by atoms with van der Waals surface area (Å²) in [5.41, 5.74) is -0.0197. The van der Waals surface area contributed by atoms with Crippen LogP contribution in [0.1, 0.15) is 13.8 Å². The van der Waals surface area contributed by atoms with Crippen molar-refractivity contribution in [1.29, 1.82) is 0 Å². The van der Waals surface area contributed by atoms with Crippen LogP contribution in [-0.4, -0.2) is 4.98 Å². The molecule has 0 radical (unpaired) electrons. The third kappa shape index (κ3) is 2.05. The first-order valence-electron chi connectivity index (χ1n) is 3.49. The lowest BCUT2D eigenvalue weighted by Crippen LogP contribution is -2.20. The van der Waals surface area contributed by atoms with Crippen LogP contribution in [0.5, 0.6) is 0 Å². The first-order valence-corrected chi connectivity index (χ1v) is 4.31. The van der Waals surface area contributed by atoms with Crippen molar-refractivity contribution in [2.75, 3.05) is 0 Å². The molecule has 0 fully saturated rings. The fraction of sp³-hybridized carbons (Fsp3) is 0.375. The Morgan fingerprint density at radius 1 is 1.64 bits per heavy atom. The van der Waals surface area contributed by atoms with E-state index in [2.05, 4.69) is 11.6 Å². The maximum atomic E-state index is 11.1. The summed E-state index contributed by atoms with van der Waals surface area (Å²) in [6.45, 7) is 7.74. The van der Waals surface area contributed by atoms with Gasteiger partial charge in [-0.2, -0.15) is 0 Å². The Morgan fingerprint density at radius 3 is 2.64 bits per heavy atom. The number of hydrogen-bond donors (Lipinski definition) is 1. The van der Waals surface area contributed by atoms with E-state index in [-0.39, 0.29) is 5.56 Å². The third-order valence-corrected chi connectivity index (χ3v) is 2.08. The number of aromatic nitrogens is 1. The summed E-state index contributed by atoms with van der Waals surface area (Å²) in [5, 5.41) is 0. The smallest absolute Gasteiger partial charge is 0.266 e. The van der Waals surface area contributed by atoms with Crippen LogP contribution in [0.3, 0.4) is 0 Å². The molecular weight excluding hydrogens is 158 g/mol. The average Bonchev–Trinajstić information content (AvgIpc) is 2.09. The maximum Gasteiger partial charge on any atom is 0.266 e. The molecule has 0 spiro atoms. The Morgan fingerprint density at radius 2 is 2.27 bits per heavy atom. The van der Waals surface area contributed by atoms with Crippen molar-refractivity contribution >= 4 is 24.0 Å². The van der Waals surface area contributed by atoms with E-state index in [1.165, 1.54) is 11.3 Å². The predicted octanol–water partition coefficient (Wildman–Crippen LogP) is 0.283. The number of thiazole rings is 1. The molecule has 1 aromatic heterocycles. The van der Waals surface area contributed by atoms with Crippen LogP contribution in [0.15, 0.2) is 4.79 Å². The molecule has 1 heterocycles. The van der Waals surface area contributed by atoms with Crippen LogP contribution >= 0.6 is 11.3 Å². The summed E-state index contributed by atoms with van der Waals surface area (Å²) in [4.78, 5) is 13.7. The third-order valence-electron chi connectivity index (χ3n) is 1.19. The van der Waals surface area contributed by atoms with Crippen LogP contribution < -0.4 is 14.8 Å². The minimum atomic E-state index is -0.0197. The van der Waals surface area contributed by atoms with Crippen LogP contribution in [-0.2, 0) is 0 Å². The summed E-state index contributed by atoms with van der Waals surface area (Å²) in [6.07, 6.45) is 1.94. The van der Waals surface area contributed by atoms with Gasteiger partial charge in [0, 0.05) is 0 Å². The number of rotatable bonds is 1. The highest BCUT2D eigenvalue weighted by Crippen LogP contribution is 1.90. The Hall–Kier alpha value is -0.830. The lowest BCUT2D eigenvalue weighted by atomic mass is 10.2. The van der Waals surface area contributed by atoms with Crippen molar-refractivity contribution in [3.8, 4) is 0 Å². The normalized spacial score (nSPS) is 12.8. The van der Waals surface area contributed by atoms with E-state index in [0.717, 1.165) is 9.20 Å². The molecule has 0 atom stereocenters. The molecule has 3 heteroatoms. The van der Waals surface area contributed by atoms with Crippen molar-refractivity contribution in [1.82, 2.24) is 4.98 Å². The van der Waals surface area contributed by atoms with Crippen molar-refractivity contribution in [2.24, 2.45) is 5.92 Å². The van der Waals surface area contributed by atoms with Gasteiger partial charge in [0.2, 0.25) is 0 Å². The quantitative estimate of drug-likeness (QED) is 0.643. The van der Waals surface area contributed by atoms with Crippen molar-refractivity contribution in [2.45, 2.75) is 13.8 Å². The highest BCUT2D eigenvalue weighted by Gasteiger charge is 1.92. The van der Waals surface area contributed by atoms with Gasteiger partial charge in [-0.1, -0.05) is 26.5 Å². The molecule has 0 bridgehead atoms. The Bertz CT molecular complexity index is 385. The molecule has 1 N–H and O–H groups in total. The van der Waals surface area contributed by atoms with Gasteiger partial charge >= 0.3 is 0 Å². The van der Waals surface area contributed by atoms with Crippen LogP contribution in [0, 0.1) is 5.92 Å². The standard InChI is InChI=1S/C8H11NOS/c1-5(2)4-7-8(10)9-6(3)11-7/h4-5H,3H2,1-2H3,(H,9,10). The fourth-order valence-corrected chi connectivity index (χ4v) is 1.70. The van der Waals surface area contributed by atoms with E-state index in [1.807, 2.05) is 19.9 Å². The van der Waals surface area contributed by atoms with Gasteiger partial charge in [0.1, 0.15) is 0 Å². The highest BCUT2D eigenvalue weighted by molar-refractivity contribution is 7.07. The maximum absolute atomic E-state index is 11.1. The van der Waals surface area contributed by atoms with Gasteiger partial charge in [0.05, 0.1) is 9.20 Å². The molecule has 11 heavy (non-hydrogen) atoms. The number of hydrogen-bond acceptors (Lipinski definition) is 2. The van der Waals surface area contributed by atoms with Crippen molar-refractivity contribution < 1.29 is 0 Å². The molecule has 0 unspecified atom stereocenters. The number of nitrogens with one attached hydrogen (secondary N) is 1. The van der Waals surface area contributed by atoms with Gasteiger partial charge in [-0.25, -0.2) is 0 Å². The molecule has 0 saturated carbocycles. The van der Waals surface area contributed by atoms with Crippen molar-refractivity contribution in [3.05, 3.63) is 19.5 Å². The van der Waals surface area contributed by atoms with E-state index < -0.39 is 0 Å². The van der Waals surface area contributed by atoms with E-state index in [9.17, 15) is 4.79 Å². The summed E-state index contributed by atoms with van der Waals surface area (Å²) in [6, 6.07) is 0. The zero-order valence-corrected chi connectivity index (χ0v) is 7.49. The lowest BCUT2D eigenvalue weighted by molar-refractivity contribution is 0.881. The molecular formula is C8H11NOS. The van der Waals surface area contributed by atoms with Gasteiger partial charge in [0.25, 0.3) is 5.56 Å². The SMILES string of the molecule is C=c1[nH]c(=O)c(=CC(C)C)s1. The number of H-pyrrole nitrogens is 1. The second kappa shape index (κ2) is 3.05. The first kappa shape index (κ1) is 8.27. The molecule has 0 aromatic carbocycles.